The zero-order valence-electron chi connectivity index (χ0n) is 10.6. The number of benzene rings is 1. The van der Waals surface area contributed by atoms with Crippen molar-refractivity contribution in [3.05, 3.63) is 36.5 Å². The average molecular weight is 242 g/mol. The summed E-state index contributed by atoms with van der Waals surface area (Å²) in [6, 6.07) is 10.9. The standard InChI is InChI=1S/C15H18N2O/c1-2-18-13-9-12(10-13)17-14-7-3-5-11-6-4-8-16-15(11)14/h3-8,12-13,17H,2,9-10H2,1H3. The zero-order chi connectivity index (χ0) is 12.4. The van der Waals surface area contributed by atoms with E-state index in [9.17, 15) is 0 Å². The highest BCUT2D eigenvalue weighted by Crippen LogP contribution is 2.29. The highest BCUT2D eigenvalue weighted by molar-refractivity contribution is 5.90. The number of hydrogen-bond donors (Lipinski definition) is 1. The summed E-state index contributed by atoms with van der Waals surface area (Å²) < 4.78 is 5.58. The lowest BCUT2D eigenvalue weighted by Crippen LogP contribution is -2.40. The van der Waals surface area contributed by atoms with E-state index in [1.54, 1.807) is 0 Å². The molecule has 0 radical (unpaired) electrons. The van der Waals surface area contributed by atoms with Crippen molar-refractivity contribution in [2.45, 2.75) is 31.9 Å². The van der Waals surface area contributed by atoms with Gasteiger partial charge in [0.2, 0.25) is 0 Å². The van der Waals surface area contributed by atoms with Crippen molar-refractivity contribution in [3.63, 3.8) is 0 Å². The smallest absolute Gasteiger partial charge is 0.0933 e. The average Bonchev–Trinajstić information content (AvgIpc) is 2.37. The molecule has 1 aliphatic carbocycles. The van der Waals surface area contributed by atoms with E-state index in [0.717, 1.165) is 30.7 Å². The third-order valence-electron chi connectivity index (χ3n) is 3.49. The monoisotopic (exact) mass is 242 g/mol. The Labute approximate surface area is 107 Å². The first-order chi connectivity index (χ1) is 8.86. The number of hydrogen-bond acceptors (Lipinski definition) is 3. The van der Waals surface area contributed by atoms with E-state index in [-0.39, 0.29) is 0 Å². The fraction of sp³-hybridized carbons (Fsp3) is 0.400. The number of aromatic nitrogens is 1. The number of nitrogens with zero attached hydrogens (tertiary/aromatic N) is 1. The van der Waals surface area contributed by atoms with E-state index in [2.05, 4.69) is 41.5 Å². The van der Waals surface area contributed by atoms with Gasteiger partial charge in [-0.2, -0.15) is 0 Å². The van der Waals surface area contributed by atoms with Crippen LogP contribution in [0.3, 0.4) is 0 Å². The fourth-order valence-corrected chi connectivity index (χ4v) is 2.50. The maximum atomic E-state index is 5.58. The summed E-state index contributed by atoms with van der Waals surface area (Å²) in [5.74, 6) is 0. The van der Waals surface area contributed by atoms with E-state index >= 15 is 0 Å². The molecule has 3 heteroatoms. The Morgan fingerprint density at radius 1 is 1.28 bits per heavy atom. The maximum Gasteiger partial charge on any atom is 0.0933 e. The zero-order valence-corrected chi connectivity index (χ0v) is 10.6. The Balaban J connectivity index is 1.72. The van der Waals surface area contributed by atoms with E-state index in [1.165, 1.54) is 5.39 Å². The molecule has 1 heterocycles. The van der Waals surface area contributed by atoms with Gasteiger partial charge in [0.1, 0.15) is 0 Å². The number of ether oxygens (including phenoxy) is 1. The molecule has 0 aliphatic heterocycles. The fourth-order valence-electron chi connectivity index (χ4n) is 2.50. The van der Waals surface area contributed by atoms with Crippen LogP contribution in [0.15, 0.2) is 36.5 Å². The van der Waals surface area contributed by atoms with Crippen LogP contribution in [0.4, 0.5) is 5.69 Å². The van der Waals surface area contributed by atoms with Crippen LogP contribution in [0.2, 0.25) is 0 Å². The Hall–Kier alpha value is -1.61. The number of para-hydroxylation sites is 1. The number of rotatable bonds is 4. The van der Waals surface area contributed by atoms with Crippen LogP contribution in [-0.2, 0) is 4.74 Å². The second kappa shape index (κ2) is 4.94. The van der Waals surface area contributed by atoms with Gasteiger partial charge >= 0.3 is 0 Å². The predicted octanol–water partition coefficient (Wildman–Crippen LogP) is 3.21. The molecule has 1 aromatic heterocycles. The van der Waals surface area contributed by atoms with E-state index in [4.69, 9.17) is 4.74 Å². The molecule has 1 aliphatic rings. The lowest BCUT2D eigenvalue weighted by atomic mass is 9.89. The van der Waals surface area contributed by atoms with Crippen molar-refractivity contribution in [3.8, 4) is 0 Å². The molecule has 0 saturated heterocycles. The predicted molar refractivity (Wildman–Crippen MR) is 73.8 cm³/mol. The molecule has 3 rings (SSSR count). The second-order valence-corrected chi connectivity index (χ2v) is 4.77. The molecule has 0 atom stereocenters. The highest BCUT2D eigenvalue weighted by Gasteiger charge is 2.29. The first kappa shape index (κ1) is 11.5. The molecule has 0 amide bonds. The quantitative estimate of drug-likeness (QED) is 0.894. The van der Waals surface area contributed by atoms with Crippen LogP contribution < -0.4 is 5.32 Å². The molecular weight excluding hydrogens is 224 g/mol. The molecule has 1 fully saturated rings. The Bertz CT molecular complexity index is 530. The number of pyridine rings is 1. The molecule has 0 spiro atoms. The summed E-state index contributed by atoms with van der Waals surface area (Å²) in [7, 11) is 0. The van der Waals surface area contributed by atoms with Crippen molar-refractivity contribution in [1.82, 2.24) is 4.98 Å². The molecule has 94 valence electrons. The molecule has 0 unspecified atom stereocenters. The van der Waals surface area contributed by atoms with Gasteiger partial charge in [-0.05, 0) is 31.9 Å². The van der Waals surface area contributed by atoms with E-state index < -0.39 is 0 Å². The molecule has 1 aromatic carbocycles. The molecule has 2 aromatic rings. The summed E-state index contributed by atoms with van der Waals surface area (Å²) in [5, 5.41) is 4.75. The van der Waals surface area contributed by atoms with Gasteiger partial charge in [0.05, 0.1) is 17.3 Å². The van der Waals surface area contributed by atoms with Gasteiger partial charge < -0.3 is 10.1 Å². The third-order valence-corrected chi connectivity index (χ3v) is 3.49. The SMILES string of the molecule is CCOC1CC(Nc2cccc3cccnc23)C1. The molecular formula is C15H18N2O. The molecule has 1 N–H and O–H groups in total. The number of fused-ring (bicyclic) bond motifs is 1. The second-order valence-electron chi connectivity index (χ2n) is 4.77. The summed E-state index contributed by atoms with van der Waals surface area (Å²) in [5.41, 5.74) is 2.19. The van der Waals surface area contributed by atoms with Crippen molar-refractivity contribution in [1.29, 1.82) is 0 Å². The topological polar surface area (TPSA) is 34.1 Å². The van der Waals surface area contributed by atoms with Gasteiger partial charge in [-0.25, -0.2) is 0 Å². The number of anilines is 1. The normalized spacial score (nSPS) is 22.7. The van der Waals surface area contributed by atoms with Crippen molar-refractivity contribution in [2.75, 3.05) is 11.9 Å². The van der Waals surface area contributed by atoms with E-state index in [1.807, 2.05) is 12.3 Å². The van der Waals surface area contributed by atoms with Crippen LogP contribution >= 0.6 is 0 Å². The van der Waals surface area contributed by atoms with Crippen LogP contribution in [0, 0.1) is 0 Å². The molecule has 18 heavy (non-hydrogen) atoms. The van der Waals surface area contributed by atoms with Gasteiger partial charge in [0, 0.05) is 24.2 Å². The summed E-state index contributed by atoms with van der Waals surface area (Å²) in [6.45, 7) is 2.86. The molecule has 1 saturated carbocycles. The largest absolute Gasteiger partial charge is 0.380 e. The van der Waals surface area contributed by atoms with Crippen LogP contribution in [0.1, 0.15) is 19.8 Å². The summed E-state index contributed by atoms with van der Waals surface area (Å²) in [4.78, 5) is 4.45. The summed E-state index contributed by atoms with van der Waals surface area (Å²) >= 11 is 0. The van der Waals surface area contributed by atoms with Gasteiger partial charge in [-0.1, -0.05) is 18.2 Å². The lowest BCUT2D eigenvalue weighted by molar-refractivity contribution is 0.00301. The minimum Gasteiger partial charge on any atom is -0.380 e. The van der Waals surface area contributed by atoms with Gasteiger partial charge in [0.15, 0.2) is 0 Å². The first-order valence-corrected chi connectivity index (χ1v) is 6.58. The third kappa shape index (κ3) is 2.18. The van der Waals surface area contributed by atoms with Crippen LogP contribution in [0.5, 0.6) is 0 Å². The molecule has 3 nitrogen and oxygen atoms in total. The van der Waals surface area contributed by atoms with Gasteiger partial charge in [-0.15, -0.1) is 0 Å². The number of nitrogens with one attached hydrogen (secondary N) is 1. The highest BCUT2D eigenvalue weighted by atomic mass is 16.5. The van der Waals surface area contributed by atoms with Gasteiger partial charge in [0.25, 0.3) is 0 Å². The minimum atomic E-state index is 0.440. The van der Waals surface area contributed by atoms with Crippen LogP contribution in [-0.4, -0.2) is 23.7 Å². The maximum absolute atomic E-state index is 5.58. The van der Waals surface area contributed by atoms with E-state index in [0.29, 0.717) is 12.1 Å². The Kier molecular flexibility index (Phi) is 3.15. The minimum absolute atomic E-state index is 0.440. The van der Waals surface area contributed by atoms with Crippen molar-refractivity contribution < 1.29 is 4.74 Å². The van der Waals surface area contributed by atoms with Crippen LogP contribution in [0.25, 0.3) is 10.9 Å². The Morgan fingerprint density at radius 2 is 2.11 bits per heavy atom. The van der Waals surface area contributed by atoms with Crippen molar-refractivity contribution in [2.24, 2.45) is 0 Å². The summed E-state index contributed by atoms with van der Waals surface area (Å²) in [6.07, 6.45) is 4.47. The molecule has 0 bridgehead atoms. The van der Waals surface area contributed by atoms with Crippen molar-refractivity contribution >= 4 is 16.6 Å². The lowest BCUT2D eigenvalue weighted by Gasteiger charge is -2.36. The van der Waals surface area contributed by atoms with Gasteiger partial charge in [-0.3, -0.25) is 4.98 Å². The Morgan fingerprint density at radius 3 is 2.94 bits per heavy atom. The first-order valence-electron chi connectivity index (χ1n) is 6.58.